The molecule has 2 rings (SSSR count). The van der Waals surface area contributed by atoms with Crippen molar-refractivity contribution < 1.29 is 13.2 Å². The fourth-order valence-electron chi connectivity index (χ4n) is 2.68. The van der Waals surface area contributed by atoms with Crippen LogP contribution in [-0.4, -0.2) is 37.9 Å². The van der Waals surface area contributed by atoms with Crippen molar-refractivity contribution in [2.45, 2.75) is 32.1 Å². The van der Waals surface area contributed by atoms with Gasteiger partial charge in [-0.1, -0.05) is 5.57 Å². The van der Waals surface area contributed by atoms with Crippen LogP contribution in [-0.2, 0) is 14.8 Å². The van der Waals surface area contributed by atoms with Gasteiger partial charge in [0.25, 0.3) is 0 Å². The molecular formula is C12H19NO3S. The minimum Gasteiger partial charge on any atom is -0.295 e. The van der Waals surface area contributed by atoms with E-state index in [9.17, 15) is 13.2 Å². The van der Waals surface area contributed by atoms with Crippen LogP contribution >= 0.6 is 0 Å². The molecule has 1 unspecified atom stereocenters. The Balaban J connectivity index is 1.94. The lowest BCUT2D eigenvalue weighted by Gasteiger charge is -2.31. The van der Waals surface area contributed by atoms with E-state index in [2.05, 4.69) is 0 Å². The van der Waals surface area contributed by atoms with Crippen LogP contribution in [0.2, 0.25) is 0 Å². The molecule has 0 spiro atoms. The number of sulfonamides is 1. The first kappa shape index (κ1) is 12.8. The predicted octanol–water partition coefficient (Wildman–Crippen LogP) is 1.34. The van der Waals surface area contributed by atoms with Gasteiger partial charge >= 0.3 is 0 Å². The molecule has 0 amide bonds. The van der Waals surface area contributed by atoms with E-state index in [0.717, 1.165) is 25.7 Å². The number of allylic oxidation sites excluding steroid dienone is 2. The zero-order valence-corrected chi connectivity index (χ0v) is 11.0. The van der Waals surface area contributed by atoms with E-state index in [0.29, 0.717) is 25.4 Å². The maximum atomic E-state index is 11.5. The van der Waals surface area contributed by atoms with Crippen LogP contribution in [0.15, 0.2) is 11.6 Å². The van der Waals surface area contributed by atoms with Crippen molar-refractivity contribution in [1.82, 2.24) is 4.31 Å². The van der Waals surface area contributed by atoms with Crippen molar-refractivity contribution in [2.75, 3.05) is 19.3 Å². The normalized spacial score (nSPS) is 27.2. The summed E-state index contributed by atoms with van der Waals surface area (Å²) in [5.41, 5.74) is 1.20. The molecule has 1 saturated heterocycles. The highest BCUT2D eigenvalue weighted by molar-refractivity contribution is 7.88. The number of piperidine rings is 1. The van der Waals surface area contributed by atoms with Gasteiger partial charge in [0.1, 0.15) is 0 Å². The second-order valence-corrected chi connectivity index (χ2v) is 7.08. The Morgan fingerprint density at radius 1 is 1.41 bits per heavy atom. The number of rotatable bonds is 3. The molecule has 17 heavy (non-hydrogen) atoms. The van der Waals surface area contributed by atoms with E-state index >= 15 is 0 Å². The second-order valence-electron chi connectivity index (χ2n) is 5.10. The first-order valence-electron chi connectivity index (χ1n) is 6.12. The van der Waals surface area contributed by atoms with Crippen LogP contribution in [0.5, 0.6) is 0 Å². The number of hydrogen-bond donors (Lipinski definition) is 0. The molecule has 1 fully saturated rings. The molecular weight excluding hydrogens is 238 g/mol. The number of hydrogen-bond acceptors (Lipinski definition) is 3. The van der Waals surface area contributed by atoms with Crippen LogP contribution < -0.4 is 0 Å². The van der Waals surface area contributed by atoms with Crippen LogP contribution in [0.25, 0.3) is 0 Å². The van der Waals surface area contributed by atoms with Gasteiger partial charge in [0.05, 0.1) is 6.26 Å². The van der Waals surface area contributed by atoms with Gasteiger partial charge in [0.2, 0.25) is 10.0 Å². The lowest BCUT2D eigenvalue weighted by molar-refractivity contribution is -0.114. The third-order valence-corrected chi connectivity index (χ3v) is 4.83. The highest BCUT2D eigenvalue weighted by atomic mass is 32.2. The molecule has 1 aliphatic carbocycles. The van der Waals surface area contributed by atoms with Crippen molar-refractivity contribution in [2.24, 2.45) is 5.92 Å². The molecule has 2 aliphatic rings. The standard InChI is InChI=1S/C12H19NO3S/c1-17(15,16)13-6-2-3-11(9-13)7-10-4-5-12(14)8-10/h8,11H,2-7,9H2,1H3. The summed E-state index contributed by atoms with van der Waals surface area (Å²) in [5.74, 6) is 0.603. The monoisotopic (exact) mass is 257 g/mol. The summed E-state index contributed by atoms with van der Waals surface area (Å²) in [6.45, 7) is 1.26. The average molecular weight is 257 g/mol. The summed E-state index contributed by atoms with van der Waals surface area (Å²) in [5, 5.41) is 0. The van der Waals surface area contributed by atoms with E-state index in [1.54, 1.807) is 10.4 Å². The number of carbonyl (C=O) groups is 1. The fourth-order valence-corrected chi connectivity index (χ4v) is 3.62. The Morgan fingerprint density at radius 2 is 2.18 bits per heavy atom. The molecule has 0 aromatic rings. The van der Waals surface area contributed by atoms with Crippen molar-refractivity contribution in [3.63, 3.8) is 0 Å². The smallest absolute Gasteiger partial charge is 0.211 e. The summed E-state index contributed by atoms with van der Waals surface area (Å²) >= 11 is 0. The molecule has 0 aromatic carbocycles. The van der Waals surface area contributed by atoms with Gasteiger partial charge < -0.3 is 0 Å². The number of nitrogens with zero attached hydrogens (tertiary/aromatic N) is 1. The van der Waals surface area contributed by atoms with Gasteiger partial charge in [-0.3, -0.25) is 4.79 Å². The number of carbonyl (C=O) groups excluding carboxylic acids is 1. The highest BCUT2D eigenvalue weighted by Crippen LogP contribution is 2.28. The lowest BCUT2D eigenvalue weighted by atomic mass is 9.92. The third kappa shape index (κ3) is 3.39. The Hall–Kier alpha value is -0.680. The third-order valence-electron chi connectivity index (χ3n) is 3.56. The molecule has 0 radical (unpaired) electrons. The van der Waals surface area contributed by atoms with E-state index in [-0.39, 0.29) is 5.78 Å². The van der Waals surface area contributed by atoms with E-state index in [1.807, 2.05) is 0 Å². The lowest BCUT2D eigenvalue weighted by Crippen LogP contribution is -2.39. The minimum absolute atomic E-state index is 0.218. The molecule has 96 valence electrons. The zero-order chi connectivity index (χ0) is 12.5. The SMILES string of the molecule is CS(=O)(=O)N1CCCC(CC2=CC(=O)CC2)C1. The molecule has 1 heterocycles. The first-order valence-corrected chi connectivity index (χ1v) is 7.97. The van der Waals surface area contributed by atoms with Crippen LogP contribution in [0, 0.1) is 5.92 Å². The van der Waals surface area contributed by atoms with Crippen LogP contribution in [0.4, 0.5) is 0 Å². The predicted molar refractivity (Wildman–Crippen MR) is 66.1 cm³/mol. The molecule has 0 saturated carbocycles. The van der Waals surface area contributed by atoms with Crippen LogP contribution in [0.1, 0.15) is 32.1 Å². The second kappa shape index (κ2) is 4.90. The summed E-state index contributed by atoms with van der Waals surface area (Å²) in [6.07, 6.45) is 7.41. The van der Waals surface area contributed by atoms with Crippen molar-refractivity contribution >= 4 is 15.8 Å². The molecule has 0 N–H and O–H groups in total. The summed E-state index contributed by atoms with van der Waals surface area (Å²) in [6, 6.07) is 0. The molecule has 4 nitrogen and oxygen atoms in total. The summed E-state index contributed by atoms with van der Waals surface area (Å²) < 4.78 is 24.5. The summed E-state index contributed by atoms with van der Waals surface area (Å²) in [4.78, 5) is 11.1. The van der Waals surface area contributed by atoms with E-state index in [4.69, 9.17) is 0 Å². The topological polar surface area (TPSA) is 54.5 Å². The highest BCUT2D eigenvalue weighted by Gasteiger charge is 2.27. The average Bonchev–Trinajstić information content (AvgIpc) is 2.63. The molecule has 1 atom stereocenters. The van der Waals surface area contributed by atoms with Gasteiger partial charge in [0.15, 0.2) is 5.78 Å². The van der Waals surface area contributed by atoms with Gasteiger partial charge in [-0.2, -0.15) is 0 Å². The Kier molecular flexibility index (Phi) is 3.68. The maximum absolute atomic E-state index is 11.5. The fraction of sp³-hybridized carbons (Fsp3) is 0.750. The molecule has 0 aromatic heterocycles. The van der Waals surface area contributed by atoms with Gasteiger partial charge in [-0.05, 0) is 37.7 Å². The molecule has 1 aliphatic heterocycles. The van der Waals surface area contributed by atoms with E-state index in [1.165, 1.54) is 11.8 Å². The van der Waals surface area contributed by atoms with Crippen molar-refractivity contribution in [1.29, 1.82) is 0 Å². The Labute approximate surface area is 103 Å². The molecule has 5 heteroatoms. The van der Waals surface area contributed by atoms with Gasteiger partial charge in [-0.25, -0.2) is 12.7 Å². The zero-order valence-electron chi connectivity index (χ0n) is 10.2. The van der Waals surface area contributed by atoms with Crippen molar-refractivity contribution in [3.8, 4) is 0 Å². The first-order chi connectivity index (χ1) is 7.95. The summed E-state index contributed by atoms with van der Waals surface area (Å²) in [7, 11) is -3.06. The Bertz CT molecular complexity index is 439. The minimum atomic E-state index is -3.06. The van der Waals surface area contributed by atoms with Gasteiger partial charge in [-0.15, -0.1) is 0 Å². The Morgan fingerprint density at radius 3 is 2.76 bits per heavy atom. The van der Waals surface area contributed by atoms with Gasteiger partial charge in [0, 0.05) is 19.5 Å². The molecule has 0 bridgehead atoms. The maximum Gasteiger partial charge on any atom is 0.211 e. The van der Waals surface area contributed by atoms with Crippen LogP contribution in [0.3, 0.4) is 0 Å². The van der Waals surface area contributed by atoms with Crippen molar-refractivity contribution in [3.05, 3.63) is 11.6 Å². The van der Waals surface area contributed by atoms with E-state index < -0.39 is 10.0 Å². The number of ketones is 1. The quantitative estimate of drug-likeness (QED) is 0.766. The largest absolute Gasteiger partial charge is 0.295 e.